The number of benzene rings is 2. The second-order valence-electron chi connectivity index (χ2n) is 6.67. The fourth-order valence-electron chi connectivity index (χ4n) is 2.40. The Kier molecular flexibility index (Phi) is 7.56. The lowest BCUT2D eigenvalue weighted by Gasteiger charge is -2.15. The molecule has 0 fully saturated rings. The monoisotopic (exact) mass is 382 g/mol. The Bertz CT molecular complexity index is 862. The lowest BCUT2D eigenvalue weighted by molar-refractivity contribution is -0.139. The van der Waals surface area contributed by atoms with Crippen LogP contribution in [0.2, 0.25) is 0 Å². The van der Waals surface area contributed by atoms with Crippen molar-refractivity contribution in [1.29, 1.82) is 0 Å². The van der Waals surface area contributed by atoms with Crippen LogP contribution in [-0.2, 0) is 9.59 Å². The Morgan fingerprint density at radius 1 is 1.11 bits per heavy atom. The van der Waals surface area contributed by atoms with Crippen LogP contribution in [0.1, 0.15) is 25.0 Å². The molecular formula is C21H26N4O3. The number of hydrogen-bond donors (Lipinski definition) is 3. The molecule has 2 rings (SSSR count). The van der Waals surface area contributed by atoms with Crippen molar-refractivity contribution in [3.63, 3.8) is 0 Å². The summed E-state index contributed by atoms with van der Waals surface area (Å²) in [6.07, 6.45) is 1.47. The van der Waals surface area contributed by atoms with Crippen molar-refractivity contribution in [2.75, 3.05) is 19.0 Å². The quantitative estimate of drug-likeness (QED) is 0.390. The van der Waals surface area contributed by atoms with Crippen LogP contribution in [0, 0.1) is 12.8 Å². The molecule has 0 radical (unpaired) electrons. The van der Waals surface area contributed by atoms with Crippen molar-refractivity contribution in [3.05, 3.63) is 53.6 Å². The van der Waals surface area contributed by atoms with Gasteiger partial charge in [-0.3, -0.25) is 9.59 Å². The number of nitrogens with zero attached hydrogens (tertiary/aromatic N) is 1. The summed E-state index contributed by atoms with van der Waals surface area (Å²) >= 11 is 0. The minimum absolute atomic E-state index is 0.257. The summed E-state index contributed by atoms with van der Waals surface area (Å²) < 4.78 is 5.44. The molecule has 0 aliphatic rings. The number of nitrogens with one attached hydrogen (secondary N) is 3. The SMILES string of the molecule is COc1cccc(/C=N\NC(=O)C(=O)NCC(C)C)c1Nc1ccccc1C. The smallest absolute Gasteiger partial charge is 0.329 e. The van der Waals surface area contributed by atoms with Gasteiger partial charge in [0.2, 0.25) is 0 Å². The first-order chi connectivity index (χ1) is 13.4. The Balaban J connectivity index is 2.15. The number of carbonyl (C=O) groups is 2. The first kappa shape index (κ1) is 21.0. The Labute approximate surface area is 165 Å². The molecule has 0 bridgehead atoms. The van der Waals surface area contributed by atoms with Gasteiger partial charge < -0.3 is 15.4 Å². The molecule has 2 amide bonds. The third-order valence-corrected chi connectivity index (χ3v) is 3.93. The Morgan fingerprint density at radius 2 is 1.86 bits per heavy atom. The number of hydrogen-bond acceptors (Lipinski definition) is 5. The maximum absolute atomic E-state index is 11.8. The molecule has 0 unspecified atom stereocenters. The largest absolute Gasteiger partial charge is 0.495 e. The molecule has 0 aromatic heterocycles. The van der Waals surface area contributed by atoms with Crippen LogP contribution in [0.5, 0.6) is 5.75 Å². The molecule has 2 aromatic rings. The van der Waals surface area contributed by atoms with Gasteiger partial charge in [0.05, 0.1) is 19.0 Å². The molecule has 0 saturated heterocycles. The zero-order valence-electron chi connectivity index (χ0n) is 16.6. The van der Waals surface area contributed by atoms with Crippen molar-refractivity contribution in [2.45, 2.75) is 20.8 Å². The van der Waals surface area contributed by atoms with Crippen LogP contribution < -0.4 is 20.8 Å². The number of methoxy groups -OCH3 is 1. The summed E-state index contributed by atoms with van der Waals surface area (Å²) in [4.78, 5) is 23.5. The fraction of sp³-hybridized carbons (Fsp3) is 0.286. The normalized spacial score (nSPS) is 10.8. The number of ether oxygens (including phenoxy) is 1. The zero-order chi connectivity index (χ0) is 20.5. The van der Waals surface area contributed by atoms with Crippen LogP contribution in [0.4, 0.5) is 11.4 Å². The summed E-state index contributed by atoms with van der Waals surface area (Å²) in [7, 11) is 1.58. The van der Waals surface area contributed by atoms with E-state index in [0.29, 0.717) is 23.5 Å². The predicted octanol–water partition coefficient (Wildman–Crippen LogP) is 2.97. The number of aryl methyl sites for hydroxylation is 1. The molecular weight excluding hydrogens is 356 g/mol. The first-order valence-corrected chi connectivity index (χ1v) is 9.03. The number of amides is 2. The number of hydrazone groups is 1. The van der Waals surface area contributed by atoms with E-state index in [2.05, 4.69) is 21.2 Å². The number of rotatable bonds is 7. The molecule has 0 spiro atoms. The van der Waals surface area contributed by atoms with E-state index >= 15 is 0 Å². The fourth-order valence-corrected chi connectivity index (χ4v) is 2.40. The Hall–Kier alpha value is -3.35. The number of para-hydroxylation sites is 2. The zero-order valence-corrected chi connectivity index (χ0v) is 16.6. The molecule has 0 saturated carbocycles. The topological polar surface area (TPSA) is 91.8 Å². The number of carbonyl (C=O) groups excluding carboxylic acids is 2. The standard InChI is InChI=1S/C21H26N4O3/c1-14(2)12-22-20(26)21(27)25-23-13-16-9-7-11-18(28-4)19(16)24-17-10-6-5-8-15(17)3/h5-11,13-14,24H,12H2,1-4H3,(H,22,26)(H,25,27)/b23-13-. The van der Waals surface area contributed by atoms with E-state index in [9.17, 15) is 9.59 Å². The highest BCUT2D eigenvalue weighted by atomic mass is 16.5. The minimum atomic E-state index is -0.812. The molecule has 7 nitrogen and oxygen atoms in total. The average molecular weight is 382 g/mol. The number of anilines is 2. The summed E-state index contributed by atoms with van der Waals surface area (Å²) in [6.45, 7) is 6.32. The van der Waals surface area contributed by atoms with Crippen molar-refractivity contribution < 1.29 is 14.3 Å². The lowest BCUT2D eigenvalue weighted by atomic mass is 10.1. The van der Waals surface area contributed by atoms with Crippen LogP contribution in [-0.4, -0.2) is 31.7 Å². The van der Waals surface area contributed by atoms with Crippen LogP contribution >= 0.6 is 0 Å². The van der Waals surface area contributed by atoms with Crippen LogP contribution in [0.15, 0.2) is 47.6 Å². The van der Waals surface area contributed by atoms with E-state index in [1.165, 1.54) is 6.21 Å². The van der Waals surface area contributed by atoms with Gasteiger partial charge in [-0.25, -0.2) is 5.43 Å². The molecule has 2 aromatic carbocycles. The highest BCUT2D eigenvalue weighted by molar-refractivity contribution is 6.35. The van der Waals surface area contributed by atoms with Crippen molar-refractivity contribution in [2.24, 2.45) is 11.0 Å². The third kappa shape index (κ3) is 5.84. The van der Waals surface area contributed by atoms with E-state index in [-0.39, 0.29) is 5.92 Å². The molecule has 0 aliphatic heterocycles. The molecule has 0 atom stereocenters. The first-order valence-electron chi connectivity index (χ1n) is 9.03. The molecule has 0 heterocycles. The van der Waals surface area contributed by atoms with E-state index in [1.807, 2.05) is 63.2 Å². The van der Waals surface area contributed by atoms with Gasteiger partial charge in [-0.1, -0.05) is 44.2 Å². The van der Waals surface area contributed by atoms with E-state index in [4.69, 9.17) is 4.74 Å². The van der Waals surface area contributed by atoms with Gasteiger partial charge >= 0.3 is 11.8 Å². The summed E-state index contributed by atoms with van der Waals surface area (Å²) in [5.41, 5.74) is 5.66. The lowest BCUT2D eigenvalue weighted by Crippen LogP contribution is -2.39. The van der Waals surface area contributed by atoms with Crippen molar-refractivity contribution >= 4 is 29.4 Å². The van der Waals surface area contributed by atoms with E-state index in [1.54, 1.807) is 7.11 Å². The van der Waals surface area contributed by atoms with Gasteiger partial charge in [-0.05, 0) is 30.5 Å². The second-order valence-corrected chi connectivity index (χ2v) is 6.67. The Morgan fingerprint density at radius 3 is 2.54 bits per heavy atom. The molecule has 3 N–H and O–H groups in total. The maximum Gasteiger partial charge on any atom is 0.329 e. The maximum atomic E-state index is 11.8. The van der Waals surface area contributed by atoms with Gasteiger partial charge in [0.15, 0.2) is 0 Å². The van der Waals surface area contributed by atoms with Crippen molar-refractivity contribution in [1.82, 2.24) is 10.7 Å². The highest BCUT2D eigenvalue weighted by Gasteiger charge is 2.13. The molecule has 28 heavy (non-hydrogen) atoms. The predicted molar refractivity (Wildman–Crippen MR) is 111 cm³/mol. The third-order valence-electron chi connectivity index (χ3n) is 3.93. The minimum Gasteiger partial charge on any atom is -0.495 e. The van der Waals surface area contributed by atoms with E-state index in [0.717, 1.165) is 11.3 Å². The average Bonchev–Trinajstić information content (AvgIpc) is 2.68. The second kappa shape index (κ2) is 10.1. The summed E-state index contributed by atoms with van der Waals surface area (Å²) in [5.74, 6) is -0.636. The summed E-state index contributed by atoms with van der Waals surface area (Å²) in [6, 6.07) is 13.3. The van der Waals surface area contributed by atoms with Gasteiger partial charge in [0.25, 0.3) is 0 Å². The van der Waals surface area contributed by atoms with Crippen molar-refractivity contribution in [3.8, 4) is 5.75 Å². The van der Waals surface area contributed by atoms with Gasteiger partial charge in [0, 0.05) is 17.8 Å². The van der Waals surface area contributed by atoms with Crippen LogP contribution in [0.25, 0.3) is 0 Å². The van der Waals surface area contributed by atoms with Crippen LogP contribution in [0.3, 0.4) is 0 Å². The van der Waals surface area contributed by atoms with Gasteiger partial charge in [0.1, 0.15) is 5.75 Å². The van der Waals surface area contributed by atoms with Gasteiger partial charge in [-0.15, -0.1) is 0 Å². The van der Waals surface area contributed by atoms with E-state index < -0.39 is 11.8 Å². The molecule has 7 heteroatoms. The highest BCUT2D eigenvalue weighted by Crippen LogP contribution is 2.31. The summed E-state index contributed by atoms with van der Waals surface area (Å²) in [5, 5.41) is 9.80. The molecule has 148 valence electrons. The van der Waals surface area contributed by atoms with Gasteiger partial charge in [-0.2, -0.15) is 5.10 Å². The molecule has 0 aliphatic carbocycles.